The summed E-state index contributed by atoms with van der Waals surface area (Å²) in [6.45, 7) is 3.97. The van der Waals surface area contributed by atoms with Crippen LogP contribution in [0.5, 0.6) is 0 Å². The number of carbonyl (C=O) groups excluding carboxylic acids is 2. The van der Waals surface area contributed by atoms with E-state index in [9.17, 15) is 14.4 Å². The van der Waals surface area contributed by atoms with Crippen LogP contribution in [-0.4, -0.2) is 21.8 Å². The Balaban J connectivity index is 1.56. The topological polar surface area (TPSA) is 104 Å². The number of thioether (sulfide) groups is 1. The molecule has 3 aromatic rings. The fourth-order valence-corrected chi connectivity index (χ4v) is 4.16. The summed E-state index contributed by atoms with van der Waals surface area (Å²) in [4.78, 5) is 45.1. The number of aromatic nitrogens is 2. The van der Waals surface area contributed by atoms with Gasteiger partial charge in [-0.25, -0.2) is 4.98 Å². The number of benzene rings is 2. The number of aryl methyl sites for hydroxylation is 2. The summed E-state index contributed by atoms with van der Waals surface area (Å²) >= 11 is 1.36. The van der Waals surface area contributed by atoms with Crippen molar-refractivity contribution >= 4 is 35.1 Å². The molecule has 2 amide bonds. The van der Waals surface area contributed by atoms with Gasteiger partial charge in [-0.1, -0.05) is 59.3 Å². The maximum absolute atomic E-state index is 12.9. The number of fused-ring (bicyclic) bond motifs is 1. The van der Waals surface area contributed by atoms with Gasteiger partial charge in [-0.3, -0.25) is 14.4 Å². The second kappa shape index (κ2) is 8.77. The van der Waals surface area contributed by atoms with Gasteiger partial charge in [0, 0.05) is 17.9 Å². The number of H-pyrrole nitrogens is 1. The lowest BCUT2D eigenvalue weighted by Crippen LogP contribution is -2.36. The van der Waals surface area contributed by atoms with Crippen LogP contribution in [0.2, 0.25) is 0 Å². The molecule has 1 aliphatic rings. The molecule has 158 valence electrons. The Hall–Kier alpha value is -3.39. The predicted molar refractivity (Wildman–Crippen MR) is 121 cm³/mol. The zero-order valence-electron chi connectivity index (χ0n) is 17.2. The van der Waals surface area contributed by atoms with Crippen molar-refractivity contribution in [2.24, 2.45) is 0 Å². The molecule has 8 heteroatoms. The maximum atomic E-state index is 12.9. The normalized spacial score (nSPS) is 15.2. The molecule has 3 N–H and O–H groups in total. The van der Waals surface area contributed by atoms with E-state index in [1.54, 1.807) is 12.1 Å². The second-order valence-corrected chi connectivity index (χ2v) is 8.53. The summed E-state index contributed by atoms with van der Waals surface area (Å²) in [5, 5.41) is 5.82. The third kappa shape index (κ3) is 4.86. The number of rotatable bonds is 5. The van der Waals surface area contributed by atoms with E-state index in [0.717, 1.165) is 11.1 Å². The number of amides is 2. The van der Waals surface area contributed by atoms with Crippen LogP contribution >= 0.6 is 11.8 Å². The van der Waals surface area contributed by atoms with Gasteiger partial charge in [-0.05, 0) is 31.5 Å². The average Bonchev–Trinajstić information content (AvgIpc) is 2.74. The molecular formula is C23H22N4O3S. The zero-order chi connectivity index (χ0) is 22.0. The van der Waals surface area contributed by atoms with Crippen molar-refractivity contribution in [3.8, 4) is 0 Å². The van der Waals surface area contributed by atoms with E-state index in [1.165, 1.54) is 17.3 Å². The first-order valence-electron chi connectivity index (χ1n) is 9.89. The van der Waals surface area contributed by atoms with Crippen LogP contribution in [0.25, 0.3) is 0 Å². The smallest absolute Gasteiger partial charge is 0.257 e. The zero-order valence-corrected chi connectivity index (χ0v) is 18.0. The lowest BCUT2D eigenvalue weighted by atomic mass is 9.92. The van der Waals surface area contributed by atoms with Gasteiger partial charge >= 0.3 is 0 Å². The molecular weight excluding hydrogens is 412 g/mol. The molecule has 4 rings (SSSR count). The van der Waals surface area contributed by atoms with E-state index in [0.29, 0.717) is 16.6 Å². The van der Waals surface area contributed by atoms with Crippen LogP contribution in [0.3, 0.4) is 0 Å². The molecule has 2 aromatic carbocycles. The molecule has 1 unspecified atom stereocenters. The SMILES string of the molecule is Cc1ccc(CSc2nc3c(c(=O)[nH]2)C(C(=O)Nc2ccc(C)cc2)CC(=O)N3)cc1. The highest BCUT2D eigenvalue weighted by atomic mass is 32.2. The molecule has 1 atom stereocenters. The molecule has 0 saturated heterocycles. The average molecular weight is 435 g/mol. The van der Waals surface area contributed by atoms with Crippen LogP contribution in [0.1, 0.15) is 34.6 Å². The van der Waals surface area contributed by atoms with Crippen molar-refractivity contribution in [1.29, 1.82) is 0 Å². The number of aromatic amines is 1. The van der Waals surface area contributed by atoms with Crippen molar-refractivity contribution in [2.45, 2.75) is 37.1 Å². The van der Waals surface area contributed by atoms with Crippen LogP contribution in [-0.2, 0) is 15.3 Å². The van der Waals surface area contributed by atoms with Crippen molar-refractivity contribution in [3.63, 3.8) is 0 Å². The van der Waals surface area contributed by atoms with Crippen LogP contribution in [0, 0.1) is 13.8 Å². The van der Waals surface area contributed by atoms with Gasteiger partial charge in [-0.15, -0.1) is 0 Å². The number of carbonyl (C=O) groups is 2. The first-order valence-corrected chi connectivity index (χ1v) is 10.9. The van der Waals surface area contributed by atoms with Gasteiger partial charge in [0.25, 0.3) is 5.56 Å². The Morgan fingerprint density at radius 3 is 2.39 bits per heavy atom. The third-order valence-electron chi connectivity index (χ3n) is 5.06. The molecule has 0 spiro atoms. The lowest BCUT2D eigenvalue weighted by molar-refractivity contribution is -0.123. The van der Waals surface area contributed by atoms with Gasteiger partial charge in [0.15, 0.2) is 5.16 Å². The number of nitrogens with one attached hydrogen (secondary N) is 3. The molecule has 7 nitrogen and oxygen atoms in total. The van der Waals surface area contributed by atoms with Crippen molar-refractivity contribution < 1.29 is 9.59 Å². The predicted octanol–water partition coefficient (Wildman–Crippen LogP) is 3.74. The molecule has 1 aromatic heterocycles. The Kier molecular flexibility index (Phi) is 5.90. The summed E-state index contributed by atoms with van der Waals surface area (Å²) in [7, 11) is 0. The number of hydrogen-bond donors (Lipinski definition) is 3. The van der Waals surface area contributed by atoms with E-state index in [2.05, 4.69) is 20.6 Å². The molecule has 31 heavy (non-hydrogen) atoms. The van der Waals surface area contributed by atoms with Crippen molar-refractivity contribution in [2.75, 3.05) is 10.6 Å². The minimum Gasteiger partial charge on any atom is -0.326 e. The van der Waals surface area contributed by atoms with Gasteiger partial charge in [0.2, 0.25) is 11.8 Å². The van der Waals surface area contributed by atoms with Gasteiger partial charge < -0.3 is 15.6 Å². The quantitative estimate of drug-likeness (QED) is 0.419. The monoisotopic (exact) mass is 434 g/mol. The van der Waals surface area contributed by atoms with Crippen LogP contribution in [0.4, 0.5) is 11.5 Å². The minimum absolute atomic E-state index is 0.106. The molecule has 0 fully saturated rings. The second-order valence-electron chi connectivity index (χ2n) is 7.57. The van der Waals surface area contributed by atoms with Crippen molar-refractivity contribution in [1.82, 2.24) is 9.97 Å². The summed E-state index contributed by atoms with van der Waals surface area (Å²) in [6.07, 6.45) is -0.106. The van der Waals surface area contributed by atoms with Crippen LogP contribution < -0.4 is 16.2 Å². The molecule has 0 bridgehead atoms. The first-order chi connectivity index (χ1) is 14.9. The standard InChI is InChI=1S/C23H22N4O3S/c1-13-3-7-15(8-4-13)12-31-23-26-20-19(22(30)27-23)17(11-18(28)25-20)21(29)24-16-9-5-14(2)6-10-16/h3-10,17H,11-12H2,1-2H3,(H,24,29)(H2,25,26,27,28,30). The fraction of sp³-hybridized carbons (Fsp3) is 0.217. The fourth-order valence-electron chi connectivity index (χ4n) is 3.35. The van der Waals surface area contributed by atoms with Gasteiger partial charge in [0.1, 0.15) is 5.82 Å². The Bertz CT molecular complexity index is 1190. The highest BCUT2D eigenvalue weighted by Gasteiger charge is 2.34. The Morgan fingerprint density at radius 2 is 1.71 bits per heavy atom. The highest BCUT2D eigenvalue weighted by Crippen LogP contribution is 2.31. The first kappa shape index (κ1) is 20.9. The molecule has 0 radical (unpaired) electrons. The Morgan fingerprint density at radius 1 is 1.06 bits per heavy atom. The number of hydrogen-bond acceptors (Lipinski definition) is 5. The van der Waals surface area contributed by atoms with E-state index in [-0.39, 0.29) is 23.7 Å². The highest BCUT2D eigenvalue weighted by molar-refractivity contribution is 7.98. The molecule has 0 saturated carbocycles. The summed E-state index contributed by atoms with van der Waals surface area (Å²) in [5.41, 5.74) is 3.71. The van der Waals surface area contributed by atoms with E-state index in [1.807, 2.05) is 50.2 Å². The molecule has 1 aliphatic heterocycles. The molecule has 0 aliphatic carbocycles. The van der Waals surface area contributed by atoms with E-state index in [4.69, 9.17) is 0 Å². The summed E-state index contributed by atoms with van der Waals surface area (Å²) in [5.74, 6) is -0.892. The minimum atomic E-state index is -0.905. The van der Waals surface area contributed by atoms with Gasteiger partial charge in [0.05, 0.1) is 11.5 Å². The Labute approximate surface area is 183 Å². The van der Waals surface area contributed by atoms with E-state index >= 15 is 0 Å². The lowest BCUT2D eigenvalue weighted by Gasteiger charge is -2.23. The number of anilines is 2. The molecule has 2 heterocycles. The van der Waals surface area contributed by atoms with Crippen LogP contribution in [0.15, 0.2) is 58.5 Å². The number of nitrogens with zero attached hydrogens (tertiary/aromatic N) is 1. The van der Waals surface area contributed by atoms with E-state index < -0.39 is 17.4 Å². The van der Waals surface area contributed by atoms with Gasteiger partial charge in [-0.2, -0.15) is 0 Å². The third-order valence-corrected chi connectivity index (χ3v) is 6.01. The van der Waals surface area contributed by atoms with Crippen molar-refractivity contribution in [3.05, 3.63) is 81.1 Å². The maximum Gasteiger partial charge on any atom is 0.257 e. The summed E-state index contributed by atoms with van der Waals surface area (Å²) in [6, 6.07) is 15.4. The largest absolute Gasteiger partial charge is 0.326 e. The summed E-state index contributed by atoms with van der Waals surface area (Å²) < 4.78 is 0.